The molecule has 1 heterocycles. The van der Waals surface area contributed by atoms with Crippen molar-refractivity contribution in [1.82, 2.24) is 9.55 Å². The van der Waals surface area contributed by atoms with Gasteiger partial charge in [0, 0.05) is 23.7 Å². The normalized spacial score (nSPS) is 12.6. The lowest BCUT2D eigenvalue weighted by Crippen LogP contribution is -2.19. The van der Waals surface area contributed by atoms with Crippen molar-refractivity contribution in [1.29, 1.82) is 0 Å². The molecule has 27 heavy (non-hydrogen) atoms. The summed E-state index contributed by atoms with van der Waals surface area (Å²) >= 11 is 0. The summed E-state index contributed by atoms with van der Waals surface area (Å²) in [6.07, 6.45) is 0. The van der Waals surface area contributed by atoms with Gasteiger partial charge in [-0.2, -0.15) is 0 Å². The third-order valence-electron chi connectivity index (χ3n) is 4.98. The van der Waals surface area contributed by atoms with E-state index in [1.165, 1.54) is 0 Å². The third-order valence-corrected chi connectivity index (χ3v) is 4.98. The molecule has 0 aliphatic heterocycles. The van der Waals surface area contributed by atoms with E-state index in [9.17, 15) is 9.90 Å². The second-order valence-electron chi connectivity index (χ2n) is 9.23. The molecule has 4 heteroatoms. The molecule has 0 saturated heterocycles. The number of hydrogen-bond donors (Lipinski definition) is 1. The second-order valence-corrected chi connectivity index (χ2v) is 9.23. The molecule has 1 aromatic heterocycles. The number of hydrogen-bond acceptors (Lipinski definition) is 3. The molecule has 1 N–H and O–H groups in total. The number of carbonyl (C=O) groups excluding carboxylic acids is 1. The van der Waals surface area contributed by atoms with Gasteiger partial charge in [-0.05, 0) is 35.1 Å². The number of aryl methyl sites for hydroxylation is 1. The first kappa shape index (κ1) is 19.2. The molecule has 3 rings (SSSR count). The van der Waals surface area contributed by atoms with Crippen LogP contribution in [0.15, 0.2) is 36.4 Å². The third kappa shape index (κ3) is 3.36. The molecular weight excluding hydrogens is 336 g/mol. The number of phenolic OH excluding ortho intramolecular Hbond substituents is 1. The number of nitrogens with zero attached hydrogens (tertiary/aromatic N) is 2. The number of phenols is 1. The molecule has 0 fully saturated rings. The van der Waals surface area contributed by atoms with Gasteiger partial charge < -0.3 is 9.67 Å². The highest BCUT2D eigenvalue weighted by molar-refractivity contribution is 6.08. The SMILES string of the molecule is Cn1c(C(=O)c2cc(C(C)(C)C)c(O)c(C(C)(C)C)c2)nc2ccccc21. The minimum atomic E-state index is -0.285. The van der Waals surface area contributed by atoms with Crippen molar-refractivity contribution in [3.05, 3.63) is 58.9 Å². The van der Waals surface area contributed by atoms with Crippen LogP contribution in [-0.2, 0) is 17.9 Å². The summed E-state index contributed by atoms with van der Waals surface area (Å²) in [5.74, 6) is 0.544. The summed E-state index contributed by atoms with van der Waals surface area (Å²) in [4.78, 5) is 17.9. The van der Waals surface area contributed by atoms with E-state index in [0.29, 0.717) is 11.4 Å². The first-order valence-corrected chi connectivity index (χ1v) is 9.25. The number of imidazole rings is 1. The van der Waals surface area contributed by atoms with Gasteiger partial charge in [-0.25, -0.2) is 4.98 Å². The molecule has 4 nitrogen and oxygen atoms in total. The van der Waals surface area contributed by atoms with Crippen LogP contribution < -0.4 is 0 Å². The Bertz CT molecular complexity index is 996. The molecule has 0 aliphatic rings. The van der Waals surface area contributed by atoms with Crippen LogP contribution in [-0.4, -0.2) is 20.4 Å². The van der Waals surface area contributed by atoms with Gasteiger partial charge in [0.2, 0.25) is 5.78 Å². The van der Waals surface area contributed by atoms with E-state index in [-0.39, 0.29) is 22.4 Å². The lowest BCUT2D eigenvalue weighted by atomic mass is 9.78. The number of para-hydroxylation sites is 2. The molecule has 0 spiro atoms. The number of rotatable bonds is 2. The number of carbonyl (C=O) groups is 1. The average Bonchev–Trinajstić information content (AvgIpc) is 2.89. The summed E-state index contributed by atoms with van der Waals surface area (Å²) in [5, 5.41) is 10.9. The summed E-state index contributed by atoms with van der Waals surface area (Å²) in [6, 6.07) is 11.3. The zero-order valence-corrected chi connectivity index (χ0v) is 17.2. The van der Waals surface area contributed by atoms with E-state index >= 15 is 0 Å². The topological polar surface area (TPSA) is 55.1 Å². The van der Waals surface area contributed by atoms with Crippen molar-refractivity contribution in [3.63, 3.8) is 0 Å². The number of fused-ring (bicyclic) bond motifs is 1. The van der Waals surface area contributed by atoms with E-state index in [0.717, 1.165) is 22.2 Å². The molecule has 0 bridgehead atoms. The highest BCUT2D eigenvalue weighted by Gasteiger charge is 2.29. The molecule has 0 atom stereocenters. The van der Waals surface area contributed by atoms with Crippen molar-refractivity contribution in [3.8, 4) is 5.75 Å². The predicted octanol–water partition coefficient (Wildman–Crippen LogP) is 5.10. The predicted molar refractivity (Wildman–Crippen MR) is 110 cm³/mol. The van der Waals surface area contributed by atoms with Gasteiger partial charge in [-0.15, -0.1) is 0 Å². The van der Waals surface area contributed by atoms with Crippen LogP contribution in [0.2, 0.25) is 0 Å². The van der Waals surface area contributed by atoms with Gasteiger partial charge in [0.1, 0.15) is 5.75 Å². The second kappa shape index (κ2) is 6.22. The van der Waals surface area contributed by atoms with Crippen LogP contribution in [0, 0.1) is 0 Å². The number of aromatic nitrogens is 2. The van der Waals surface area contributed by atoms with Crippen molar-refractivity contribution in [2.24, 2.45) is 7.05 Å². The molecule has 142 valence electrons. The fourth-order valence-corrected chi connectivity index (χ4v) is 3.39. The maximum atomic E-state index is 13.3. The van der Waals surface area contributed by atoms with Gasteiger partial charge in [0.15, 0.2) is 5.82 Å². The smallest absolute Gasteiger partial charge is 0.228 e. The minimum absolute atomic E-state index is 0.135. The Hall–Kier alpha value is -2.62. The molecule has 3 aromatic rings. The van der Waals surface area contributed by atoms with E-state index in [1.807, 2.05) is 89.6 Å². The largest absolute Gasteiger partial charge is 0.507 e. The Morgan fingerprint density at radius 3 is 1.96 bits per heavy atom. The van der Waals surface area contributed by atoms with Crippen molar-refractivity contribution >= 4 is 16.8 Å². The Kier molecular flexibility index (Phi) is 4.41. The van der Waals surface area contributed by atoms with E-state index in [2.05, 4.69) is 4.98 Å². The first-order chi connectivity index (χ1) is 12.4. The lowest BCUT2D eigenvalue weighted by Gasteiger charge is -2.28. The van der Waals surface area contributed by atoms with Crippen LogP contribution in [0.25, 0.3) is 11.0 Å². The van der Waals surface area contributed by atoms with Crippen LogP contribution in [0.1, 0.15) is 68.9 Å². The number of benzene rings is 2. The summed E-state index contributed by atoms with van der Waals surface area (Å²) in [5.41, 5.74) is 3.26. The molecule has 0 radical (unpaired) electrons. The minimum Gasteiger partial charge on any atom is -0.507 e. The van der Waals surface area contributed by atoms with Crippen molar-refractivity contribution in [2.45, 2.75) is 52.4 Å². The lowest BCUT2D eigenvalue weighted by molar-refractivity contribution is 0.102. The Balaban J connectivity index is 2.23. The Labute approximate surface area is 160 Å². The van der Waals surface area contributed by atoms with Gasteiger partial charge in [-0.1, -0.05) is 53.7 Å². The highest BCUT2D eigenvalue weighted by atomic mass is 16.3. The number of aromatic hydroxyl groups is 1. The van der Waals surface area contributed by atoms with Gasteiger partial charge in [-0.3, -0.25) is 4.79 Å². The van der Waals surface area contributed by atoms with E-state index < -0.39 is 0 Å². The Morgan fingerprint density at radius 1 is 0.963 bits per heavy atom. The summed E-state index contributed by atoms with van der Waals surface area (Å²) in [6.45, 7) is 12.2. The molecule has 0 amide bonds. The summed E-state index contributed by atoms with van der Waals surface area (Å²) in [7, 11) is 1.86. The molecular formula is C23H28N2O2. The Morgan fingerprint density at radius 2 is 1.48 bits per heavy atom. The van der Waals surface area contributed by atoms with Crippen molar-refractivity contribution in [2.75, 3.05) is 0 Å². The van der Waals surface area contributed by atoms with E-state index in [4.69, 9.17) is 0 Å². The fourth-order valence-electron chi connectivity index (χ4n) is 3.39. The monoisotopic (exact) mass is 364 g/mol. The quantitative estimate of drug-likeness (QED) is 0.643. The fraction of sp³-hybridized carbons (Fsp3) is 0.391. The van der Waals surface area contributed by atoms with Crippen molar-refractivity contribution < 1.29 is 9.90 Å². The van der Waals surface area contributed by atoms with Gasteiger partial charge >= 0.3 is 0 Å². The molecule has 2 aromatic carbocycles. The molecule has 0 saturated carbocycles. The standard InChI is InChI=1S/C23H28N2O2/c1-22(2,3)15-12-14(13-16(20(15)27)23(4,5)6)19(26)21-24-17-10-8-9-11-18(17)25(21)7/h8-13,27H,1-7H3. The maximum absolute atomic E-state index is 13.3. The zero-order chi connectivity index (χ0) is 20.1. The highest BCUT2D eigenvalue weighted by Crippen LogP contribution is 2.40. The summed E-state index contributed by atoms with van der Waals surface area (Å²) < 4.78 is 1.83. The number of ketones is 1. The first-order valence-electron chi connectivity index (χ1n) is 9.25. The molecule has 0 unspecified atom stereocenters. The van der Waals surface area contributed by atoms with E-state index in [1.54, 1.807) is 0 Å². The van der Waals surface area contributed by atoms with Gasteiger partial charge in [0.05, 0.1) is 11.0 Å². The zero-order valence-electron chi connectivity index (χ0n) is 17.2. The average molecular weight is 364 g/mol. The van der Waals surface area contributed by atoms with Gasteiger partial charge in [0.25, 0.3) is 0 Å². The van der Waals surface area contributed by atoms with Crippen LogP contribution >= 0.6 is 0 Å². The van der Waals surface area contributed by atoms with Crippen LogP contribution in [0.4, 0.5) is 0 Å². The maximum Gasteiger partial charge on any atom is 0.228 e. The van der Waals surface area contributed by atoms with Crippen LogP contribution in [0.5, 0.6) is 5.75 Å². The molecule has 0 aliphatic carbocycles. The van der Waals surface area contributed by atoms with Crippen LogP contribution in [0.3, 0.4) is 0 Å².